The van der Waals surface area contributed by atoms with E-state index in [1.165, 1.54) is 38.5 Å². The van der Waals surface area contributed by atoms with E-state index in [9.17, 15) is 4.79 Å². The Morgan fingerprint density at radius 1 is 0.750 bits per heavy atom. The maximum Gasteiger partial charge on any atom is 0.219 e. The van der Waals surface area contributed by atoms with E-state index in [1.807, 2.05) is 0 Å². The first-order valence-electron chi connectivity index (χ1n) is 8.70. The lowest BCUT2D eigenvalue weighted by atomic mass is 10.1. The van der Waals surface area contributed by atoms with Crippen LogP contribution in [0.5, 0.6) is 0 Å². The van der Waals surface area contributed by atoms with Gasteiger partial charge in [0.2, 0.25) is 5.91 Å². The third-order valence-electron chi connectivity index (χ3n) is 3.08. The van der Waals surface area contributed by atoms with Crippen LogP contribution in [0, 0.1) is 0 Å². The first-order valence-corrected chi connectivity index (χ1v) is 8.70. The third kappa shape index (κ3) is 22.6. The molecule has 0 atom stereocenters. The molecule has 3 heteroatoms. The van der Waals surface area contributed by atoms with Gasteiger partial charge >= 0.3 is 0 Å². The number of amides is 1. The summed E-state index contributed by atoms with van der Waals surface area (Å²) in [7, 11) is 0. The summed E-state index contributed by atoms with van der Waals surface area (Å²) >= 11 is 0. The van der Waals surface area contributed by atoms with Gasteiger partial charge in [-0.15, -0.1) is 0 Å². The fourth-order valence-electron chi connectivity index (χ4n) is 1.85. The molecule has 0 aromatic heterocycles. The van der Waals surface area contributed by atoms with Crippen LogP contribution in [0.15, 0.2) is 0 Å². The molecular weight excluding hydrogens is 248 g/mol. The van der Waals surface area contributed by atoms with Crippen molar-refractivity contribution in [2.24, 2.45) is 0 Å². The van der Waals surface area contributed by atoms with Crippen molar-refractivity contribution in [3.63, 3.8) is 0 Å². The fraction of sp³-hybridized carbons (Fsp3) is 0.941. The number of carbonyl (C=O) groups excluding carboxylic acids is 1. The Kier molecular flexibility index (Phi) is 22.5. The monoisotopic (exact) mass is 286 g/mol. The number of carbonyl (C=O) groups is 1. The molecule has 0 radical (unpaired) electrons. The molecule has 122 valence electrons. The quantitative estimate of drug-likeness (QED) is 0.526. The van der Waals surface area contributed by atoms with Gasteiger partial charge in [0.05, 0.1) is 0 Å². The summed E-state index contributed by atoms with van der Waals surface area (Å²) in [6, 6.07) is 0. The molecule has 3 nitrogen and oxygen atoms in total. The van der Waals surface area contributed by atoms with E-state index in [2.05, 4.69) is 38.3 Å². The SMILES string of the molecule is CCCCCCCCCC(=O)NCCC.CCNCC. The zero-order valence-electron chi connectivity index (χ0n) is 14.4. The maximum absolute atomic E-state index is 11.2. The highest BCUT2D eigenvalue weighted by molar-refractivity contribution is 5.75. The second kappa shape index (κ2) is 20.7. The molecule has 0 spiro atoms. The van der Waals surface area contributed by atoms with Gasteiger partial charge in [0.25, 0.3) is 0 Å². The van der Waals surface area contributed by atoms with Crippen LogP contribution in [0.25, 0.3) is 0 Å². The second-order valence-corrected chi connectivity index (χ2v) is 5.18. The highest BCUT2D eigenvalue weighted by Gasteiger charge is 1.98. The molecule has 0 aromatic carbocycles. The lowest BCUT2D eigenvalue weighted by Gasteiger charge is -2.03. The standard InChI is InChI=1S/C13H27NO.C4H11N/c1-3-5-6-7-8-9-10-11-13(15)14-12-4-2;1-3-5-4-2/h3-12H2,1-2H3,(H,14,15);5H,3-4H2,1-2H3. The van der Waals surface area contributed by atoms with Gasteiger partial charge < -0.3 is 10.6 Å². The molecule has 20 heavy (non-hydrogen) atoms. The van der Waals surface area contributed by atoms with E-state index in [0.717, 1.165) is 32.5 Å². The molecule has 0 saturated carbocycles. The first-order chi connectivity index (χ1) is 9.72. The van der Waals surface area contributed by atoms with E-state index in [1.54, 1.807) is 0 Å². The smallest absolute Gasteiger partial charge is 0.219 e. The number of unbranched alkanes of at least 4 members (excludes halogenated alkanes) is 6. The molecule has 0 aliphatic rings. The van der Waals surface area contributed by atoms with Gasteiger partial charge in [-0.25, -0.2) is 0 Å². The van der Waals surface area contributed by atoms with E-state index >= 15 is 0 Å². The van der Waals surface area contributed by atoms with Gasteiger partial charge in [0.1, 0.15) is 0 Å². The molecule has 0 aliphatic heterocycles. The van der Waals surface area contributed by atoms with Crippen molar-refractivity contribution in [3.8, 4) is 0 Å². The van der Waals surface area contributed by atoms with Gasteiger partial charge in [-0.05, 0) is 25.9 Å². The lowest BCUT2D eigenvalue weighted by Crippen LogP contribution is -2.23. The summed E-state index contributed by atoms with van der Waals surface area (Å²) in [6.07, 6.45) is 10.7. The van der Waals surface area contributed by atoms with Gasteiger partial charge in [0, 0.05) is 13.0 Å². The highest BCUT2D eigenvalue weighted by atomic mass is 16.1. The predicted octanol–water partition coefficient (Wildman–Crippen LogP) is 4.27. The largest absolute Gasteiger partial charge is 0.356 e. The molecule has 0 saturated heterocycles. The Morgan fingerprint density at radius 3 is 1.75 bits per heavy atom. The minimum absolute atomic E-state index is 0.227. The first kappa shape index (κ1) is 21.7. The summed E-state index contributed by atoms with van der Waals surface area (Å²) in [5.74, 6) is 0.227. The van der Waals surface area contributed by atoms with Gasteiger partial charge in [-0.3, -0.25) is 4.79 Å². The zero-order valence-corrected chi connectivity index (χ0v) is 14.4. The topological polar surface area (TPSA) is 41.1 Å². The van der Waals surface area contributed by atoms with Crippen LogP contribution in [0.4, 0.5) is 0 Å². The van der Waals surface area contributed by atoms with Crippen molar-refractivity contribution in [3.05, 3.63) is 0 Å². The normalized spacial score (nSPS) is 9.80. The van der Waals surface area contributed by atoms with Crippen LogP contribution in [0.1, 0.15) is 85.5 Å². The third-order valence-corrected chi connectivity index (χ3v) is 3.08. The Morgan fingerprint density at radius 2 is 1.30 bits per heavy atom. The van der Waals surface area contributed by atoms with Crippen LogP contribution >= 0.6 is 0 Å². The molecule has 2 N–H and O–H groups in total. The lowest BCUT2D eigenvalue weighted by molar-refractivity contribution is -0.121. The molecule has 0 rings (SSSR count). The van der Waals surface area contributed by atoms with Crippen LogP contribution in [0.2, 0.25) is 0 Å². The van der Waals surface area contributed by atoms with Gasteiger partial charge in [-0.2, -0.15) is 0 Å². The average molecular weight is 287 g/mol. The molecule has 0 heterocycles. The van der Waals surface area contributed by atoms with E-state index in [4.69, 9.17) is 0 Å². The minimum atomic E-state index is 0.227. The number of rotatable bonds is 12. The van der Waals surface area contributed by atoms with E-state index < -0.39 is 0 Å². The van der Waals surface area contributed by atoms with Crippen molar-refractivity contribution in [1.29, 1.82) is 0 Å². The van der Waals surface area contributed by atoms with Crippen LogP contribution < -0.4 is 10.6 Å². The Balaban J connectivity index is 0. The number of hydrogen-bond acceptors (Lipinski definition) is 2. The summed E-state index contributed by atoms with van der Waals surface area (Å²) in [6.45, 7) is 11.5. The number of hydrogen-bond donors (Lipinski definition) is 2. The zero-order chi connectivity index (χ0) is 15.5. The summed E-state index contributed by atoms with van der Waals surface area (Å²) in [5.41, 5.74) is 0. The van der Waals surface area contributed by atoms with Crippen molar-refractivity contribution in [2.75, 3.05) is 19.6 Å². The highest BCUT2D eigenvalue weighted by Crippen LogP contribution is 2.08. The average Bonchev–Trinajstić information content (AvgIpc) is 2.45. The Labute approximate surface area is 127 Å². The molecular formula is C17H38N2O. The van der Waals surface area contributed by atoms with Gasteiger partial charge in [0.15, 0.2) is 0 Å². The number of nitrogens with one attached hydrogen (secondary N) is 2. The minimum Gasteiger partial charge on any atom is -0.356 e. The summed E-state index contributed by atoms with van der Waals surface area (Å²) in [4.78, 5) is 11.2. The summed E-state index contributed by atoms with van der Waals surface area (Å²) < 4.78 is 0. The Hall–Kier alpha value is -0.570. The fourth-order valence-corrected chi connectivity index (χ4v) is 1.85. The van der Waals surface area contributed by atoms with E-state index in [0.29, 0.717) is 6.42 Å². The second-order valence-electron chi connectivity index (χ2n) is 5.18. The van der Waals surface area contributed by atoms with Crippen molar-refractivity contribution < 1.29 is 4.79 Å². The van der Waals surface area contributed by atoms with E-state index in [-0.39, 0.29) is 5.91 Å². The molecule has 1 amide bonds. The summed E-state index contributed by atoms with van der Waals surface area (Å²) in [5, 5.41) is 6.02. The van der Waals surface area contributed by atoms with Crippen LogP contribution in [-0.2, 0) is 4.79 Å². The Bertz CT molecular complexity index is 182. The maximum atomic E-state index is 11.2. The molecule has 0 aromatic rings. The molecule has 0 aliphatic carbocycles. The van der Waals surface area contributed by atoms with Gasteiger partial charge in [-0.1, -0.05) is 66.2 Å². The predicted molar refractivity (Wildman–Crippen MR) is 90.1 cm³/mol. The molecule has 0 fully saturated rings. The van der Waals surface area contributed by atoms with Crippen LogP contribution in [0.3, 0.4) is 0 Å². The van der Waals surface area contributed by atoms with Crippen molar-refractivity contribution in [1.82, 2.24) is 10.6 Å². The van der Waals surface area contributed by atoms with Crippen molar-refractivity contribution >= 4 is 5.91 Å². The molecule has 0 unspecified atom stereocenters. The molecule has 0 bridgehead atoms. The van der Waals surface area contributed by atoms with Crippen molar-refractivity contribution in [2.45, 2.75) is 85.5 Å². The van der Waals surface area contributed by atoms with Crippen LogP contribution in [-0.4, -0.2) is 25.5 Å².